The van der Waals surface area contributed by atoms with E-state index in [1.165, 1.54) is 16.3 Å². The third kappa shape index (κ3) is 2.30. The van der Waals surface area contributed by atoms with Crippen molar-refractivity contribution < 1.29 is 0 Å². The predicted octanol–water partition coefficient (Wildman–Crippen LogP) is 2.28. The van der Waals surface area contributed by atoms with Crippen LogP contribution in [0.4, 0.5) is 0 Å². The van der Waals surface area contributed by atoms with Gasteiger partial charge in [-0.05, 0) is 22.8 Å². The Morgan fingerprint density at radius 3 is 2.89 bits per heavy atom. The molecular formula is C15H17N3. The summed E-state index contributed by atoms with van der Waals surface area (Å²) in [6.45, 7) is 2.75. The molecule has 3 rings (SSSR count). The van der Waals surface area contributed by atoms with E-state index in [1.54, 1.807) is 0 Å². The molecule has 0 saturated heterocycles. The van der Waals surface area contributed by atoms with Gasteiger partial charge in [-0.2, -0.15) is 0 Å². The molecule has 1 aliphatic rings. The number of benzene rings is 2. The summed E-state index contributed by atoms with van der Waals surface area (Å²) >= 11 is 0. The molecule has 0 radical (unpaired) electrons. The van der Waals surface area contributed by atoms with Crippen molar-refractivity contribution in [3.05, 3.63) is 48.0 Å². The summed E-state index contributed by atoms with van der Waals surface area (Å²) in [4.78, 5) is 4.42. The van der Waals surface area contributed by atoms with Gasteiger partial charge < -0.3 is 10.6 Å². The summed E-state index contributed by atoms with van der Waals surface area (Å²) in [5, 5.41) is 9.24. The largest absolute Gasteiger partial charge is 0.356 e. The first-order valence-corrected chi connectivity index (χ1v) is 6.42. The molecule has 0 fully saturated rings. The van der Waals surface area contributed by atoms with E-state index in [4.69, 9.17) is 0 Å². The lowest BCUT2D eigenvalue weighted by atomic mass is 10.0. The molecule has 0 spiro atoms. The van der Waals surface area contributed by atoms with E-state index < -0.39 is 0 Å². The highest BCUT2D eigenvalue weighted by molar-refractivity contribution is 5.86. The number of rotatable bonds is 2. The number of nitrogens with one attached hydrogen (secondary N) is 2. The van der Waals surface area contributed by atoms with Gasteiger partial charge in [-0.15, -0.1) is 0 Å². The standard InChI is InChI=1S/C15H17N3/c1-2-8-14-12(5-1)6-3-7-13(14)11-18-15-16-9-4-10-17-15/h1-3,5-8H,4,9-11H2,(H2,16,17,18). The van der Waals surface area contributed by atoms with Crippen LogP contribution in [0, 0.1) is 0 Å². The smallest absolute Gasteiger partial charge is 0.191 e. The number of hydrogen-bond donors (Lipinski definition) is 2. The Morgan fingerprint density at radius 1 is 1.11 bits per heavy atom. The second kappa shape index (κ2) is 5.08. The molecular weight excluding hydrogens is 222 g/mol. The number of fused-ring (bicyclic) bond motifs is 1. The molecule has 0 atom stereocenters. The van der Waals surface area contributed by atoms with Gasteiger partial charge in [-0.3, -0.25) is 4.99 Å². The minimum absolute atomic E-state index is 0.813. The Hall–Kier alpha value is -2.03. The van der Waals surface area contributed by atoms with Crippen LogP contribution in [0.1, 0.15) is 12.0 Å². The van der Waals surface area contributed by atoms with Crippen molar-refractivity contribution in [1.82, 2.24) is 10.6 Å². The van der Waals surface area contributed by atoms with Crippen LogP contribution in [0.15, 0.2) is 47.5 Å². The molecule has 2 aromatic rings. The van der Waals surface area contributed by atoms with Gasteiger partial charge in [0, 0.05) is 19.6 Å². The number of guanidine groups is 1. The zero-order valence-corrected chi connectivity index (χ0v) is 10.3. The highest BCUT2D eigenvalue weighted by Gasteiger charge is 2.04. The lowest BCUT2D eigenvalue weighted by molar-refractivity contribution is 0.703. The number of aliphatic imine (C=N–C) groups is 1. The molecule has 1 heterocycles. The van der Waals surface area contributed by atoms with Crippen molar-refractivity contribution >= 4 is 16.7 Å². The van der Waals surface area contributed by atoms with Gasteiger partial charge in [-0.25, -0.2) is 0 Å². The fourth-order valence-electron chi connectivity index (χ4n) is 2.28. The molecule has 1 aliphatic heterocycles. The summed E-state index contributed by atoms with van der Waals surface area (Å²) in [7, 11) is 0. The fraction of sp³-hybridized carbons (Fsp3) is 0.267. The van der Waals surface area contributed by atoms with Crippen LogP contribution < -0.4 is 10.6 Å². The first kappa shape index (κ1) is 11.1. The number of hydrogen-bond acceptors (Lipinski definition) is 3. The summed E-state index contributed by atoms with van der Waals surface area (Å²) < 4.78 is 0. The molecule has 92 valence electrons. The van der Waals surface area contributed by atoms with Crippen molar-refractivity contribution in [2.24, 2.45) is 4.99 Å². The summed E-state index contributed by atoms with van der Waals surface area (Å²) in [6.07, 6.45) is 1.12. The van der Waals surface area contributed by atoms with Crippen LogP contribution in [-0.4, -0.2) is 19.0 Å². The summed E-state index contributed by atoms with van der Waals surface area (Å²) in [5.41, 5.74) is 1.31. The van der Waals surface area contributed by atoms with E-state index in [9.17, 15) is 0 Å². The molecule has 0 unspecified atom stereocenters. The molecule has 3 nitrogen and oxygen atoms in total. The molecule has 2 aromatic carbocycles. The van der Waals surface area contributed by atoms with Gasteiger partial charge >= 0.3 is 0 Å². The van der Waals surface area contributed by atoms with Crippen LogP contribution in [0.25, 0.3) is 10.8 Å². The van der Waals surface area contributed by atoms with E-state index >= 15 is 0 Å². The van der Waals surface area contributed by atoms with Gasteiger partial charge in [0.25, 0.3) is 0 Å². The molecule has 0 bridgehead atoms. The van der Waals surface area contributed by atoms with E-state index in [2.05, 4.69) is 58.1 Å². The molecule has 0 aromatic heterocycles. The maximum Gasteiger partial charge on any atom is 0.191 e. The lowest BCUT2D eigenvalue weighted by Crippen LogP contribution is -2.40. The first-order valence-electron chi connectivity index (χ1n) is 6.42. The van der Waals surface area contributed by atoms with Crippen molar-refractivity contribution in [2.75, 3.05) is 13.1 Å². The van der Waals surface area contributed by atoms with Crippen LogP contribution in [0.3, 0.4) is 0 Å². The zero-order valence-electron chi connectivity index (χ0n) is 10.3. The Balaban J connectivity index is 1.80. The quantitative estimate of drug-likeness (QED) is 0.843. The molecule has 0 saturated carbocycles. The average molecular weight is 239 g/mol. The van der Waals surface area contributed by atoms with Gasteiger partial charge in [0.1, 0.15) is 0 Å². The second-order valence-electron chi connectivity index (χ2n) is 4.50. The fourth-order valence-corrected chi connectivity index (χ4v) is 2.28. The van der Waals surface area contributed by atoms with E-state index in [0.29, 0.717) is 0 Å². The third-order valence-electron chi connectivity index (χ3n) is 3.22. The Morgan fingerprint density at radius 2 is 2.00 bits per heavy atom. The Labute approximate surface area is 107 Å². The topological polar surface area (TPSA) is 36.4 Å². The average Bonchev–Trinajstić information content (AvgIpc) is 2.46. The minimum Gasteiger partial charge on any atom is -0.356 e. The Kier molecular flexibility index (Phi) is 3.13. The zero-order chi connectivity index (χ0) is 12.2. The van der Waals surface area contributed by atoms with Gasteiger partial charge in [0.15, 0.2) is 5.96 Å². The van der Waals surface area contributed by atoms with Crippen LogP contribution >= 0.6 is 0 Å². The minimum atomic E-state index is 0.813. The van der Waals surface area contributed by atoms with E-state index in [1.807, 2.05) is 0 Å². The summed E-state index contributed by atoms with van der Waals surface area (Å²) in [5.74, 6) is 0.925. The molecule has 18 heavy (non-hydrogen) atoms. The van der Waals surface area contributed by atoms with Gasteiger partial charge in [0.05, 0.1) is 0 Å². The van der Waals surface area contributed by atoms with Gasteiger partial charge in [-0.1, -0.05) is 42.5 Å². The molecule has 3 heteroatoms. The maximum absolute atomic E-state index is 4.42. The van der Waals surface area contributed by atoms with Crippen LogP contribution in [0.2, 0.25) is 0 Å². The van der Waals surface area contributed by atoms with Crippen molar-refractivity contribution in [1.29, 1.82) is 0 Å². The molecule has 0 amide bonds. The lowest BCUT2D eigenvalue weighted by Gasteiger charge is -2.16. The van der Waals surface area contributed by atoms with Crippen molar-refractivity contribution in [3.8, 4) is 0 Å². The summed E-state index contributed by atoms with van der Waals surface area (Å²) in [6, 6.07) is 14.9. The Bertz CT molecular complexity index is 569. The van der Waals surface area contributed by atoms with E-state index in [0.717, 1.165) is 32.0 Å². The SMILES string of the molecule is c1ccc2c(CNC3=NCCCN3)cccc2c1. The van der Waals surface area contributed by atoms with E-state index in [-0.39, 0.29) is 0 Å². The predicted molar refractivity (Wildman–Crippen MR) is 75.7 cm³/mol. The van der Waals surface area contributed by atoms with Gasteiger partial charge in [0.2, 0.25) is 0 Å². The highest BCUT2D eigenvalue weighted by atomic mass is 15.2. The molecule has 0 aliphatic carbocycles. The van der Waals surface area contributed by atoms with Crippen LogP contribution in [0.5, 0.6) is 0 Å². The van der Waals surface area contributed by atoms with Crippen molar-refractivity contribution in [3.63, 3.8) is 0 Å². The van der Waals surface area contributed by atoms with Crippen molar-refractivity contribution in [2.45, 2.75) is 13.0 Å². The molecule has 2 N–H and O–H groups in total. The highest BCUT2D eigenvalue weighted by Crippen LogP contribution is 2.18. The van der Waals surface area contributed by atoms with Crippen LogP contribution in [-0.2, 0) is 6.54 Å². The second-order valence-corrected chi connectivity index (χ2v) is 4.50. The monoisotopic (exact) mass is 239 g/mol. The number of nitrogens with zero attached hydrogens (tertiary/aromatic N) is 1. The maximum atomic E-state index is 4.42. The first-order chi connectivity index (χ1) is 8.93. The third-order valence-corrected chi connectivity index (χ3v) is 3.22. The normalized spacial score (nSPS) is 15.0.